The van der Waals surface area contributed by atoms with Crippen LogP contribution in [0.3, 0.4) is 0 Å². The highest BCUT2D eigenvalue weighted by Crippen LogP contribution is 2.53. The molecule has 1 fully saturated rings. The summed E-state index contributed by atoms with van der Waals surface area (Å²) in [5.74, 6) is 1.46. The van der Waals surface area contributed by atoms with Crippen LogP contribution in [0, 0.1) is 6.92 Å². The van der Waals surface area contributed by atoms with Gasteiger partial charge in [0.2, 0.25) is 5.91 Å². The number of amides is 1. The van der Waals surface area contributed by atoms with E-state index in [4.69, 9.17) is 9.47 Å². The number of hydrogen-bond acceptors (Lipinski definition) is 4. The quantitative estimate of drug-likeness (QED) is 0.798. The number of anilines is 1. The Morgan fingerprint density at radius 3 is 2.60 bits per heavy atom. The van der Waals surface area contributed by atoms with Crippen molar-refractivity contribution in [2.45, 2.75) is 51.8 Å². The molecule has 2 aromatic carbocycles. The molecule has 0 aliphatic carbocycles. The second kappa shape index (κ2) is 7.08. The number of nitrogens with zero attached hydrogens (tertiary/aromatic N) is 1. The lowest BCUT2D eigenvalue weighted by Gasteiger charge is -2.40. The van der Waals surface area contributed by atoms with Gasteiger partial charge in [0.1, 0.15) is 5.66 Å². The third kappa shape index (κ3) is 3.04. The second-order valence-corrected chi connectivity index (χ2v) is 8.96. The summed E-state index contributed by atoms with van der Waals surface area (Å²) in [4.78, 5) is 14.7. The molecule has 5 heteroatoms. The molecule has 0 saturated carbocycles. The van der Waals surface area contributed by atoms with Crippen LogP contribution in [0.1, 0.15) is 44.4 Å². The molecule has 0 unspecified atom stereocenters. The molecule has 1 saturated heterocycles. The van der Waals surface area contributed by atoms with Crippen LogP contribution in [0.5, 0.6) is 11.5 Å². The third-order valence-corrected chi connectivity index (χ3v) is 6.19. The first-order chi connectivity index (χ1) is 14.2. The number of benzene rings is 2. The smallest absolute Gasteiger partial charge is 0.241 e. The maximum atomic E-state index is 12.5. The predicted molar refractivity (Wildman–Crippen MR) is 120 cm³/mol. The summed E-state index contributed by atoms with van der Waals surface area (Å²) in [7, 11) is 1.65. The summed E-state index contributed by atoms with van der Waals surface area (Å²) in [6.07, 6.45) is 4.24. The van der Waals surface area contributed by atoms with E-state index in [0.29, 0.717) is 12.3 Å². The van der Waals surface area contributed by atoms with Crippen LogP contribution >= 0.6 is 0 Å². The van der Waals surface area contributed by atoms with Crippen LogP contribution < -0.4 is 19.7 Å². The largest absolute Gasteiger partial charge is 0.493 e. The molecule has 2 aromatic rings. The summed E-state index contributed by atoms with van der Waals surface area (Å²) in [5, 5.41) is 3.27. The molecule has 0 spiro atoms. The maximum absolute atomic E-state index is 12.5. The van der Waals surface area contributed by atoms with Crippen LogP contribution in [0.2, 0.25) is 0 Å². The number of aryl methyl sites for hydroxylation is 1. The van der Waals surface area contributed by atoms with Crippen molar-refractivity contribution in [2.24, 2.45) is 0 Å². The van der Waals surface area contributed by atoms with E-state index in [1.807, 2.05) is 32.0 Å². The summed E-state index contributed by atoms with van der Waals surface area (Å²) < 4.78 is 11.3. The molecular weight excluding hydrogens is 376 g/mol. The lowest BCUT2D eigenvalue weighted by molar-refractivity contribution is -0.118. The van der Waals surface area contributed by atoms with Gasteiger partial charge in [-0.05, 0) is 56.2 Å². The van der Waals surface area contributed by atoms with Crippen molar-refractivity contribution in [3.63, 3.8) is 0 Å². The van der Waals surface area contributed by atoms with E-state index in [0.717, 1.165) is 17.0 Å². The van der Waals surface area contributed by atoms with Crippen molar-refractivity contribution in [1.82, 2.24) is 5.32 Å². The molecule has 30 heavy (non-hydrogen) atoms. The molecule has 0 bridgehead atoms. The van der Waals surface area contributed by atoms with Gasteiger partial charge < -0.3 is 19.7 Å². The molecule has 2 heterocycles. The van der Waals surface area contributed by atoms with Crippen molar-refractivity contribution in [3.8, 4) is 11.5 Å². The van der Waals surface area contributed by atoms with Crippen molar-refractivity contribution in [2.75, 3.05) is 18.6 Å². The Balaban J connectivity index is 1.74. The van der Waals surface area contributed by atoms with Gasteiger partial charge in [0.05, 0.1) is 19.8 Å². The lowest BCUT2D eigenvalue weighted by Crippen LogP contribution is -2.58. The highest BCUT2D eigenvalue weighted by Gasteiger charge is 2.59. The number of methoxy groups -OCH3 is 1. The minimum Gasteiger partial charge on any atom is -0.493 e. The van der Waals surface area contributed by atoms with Crippen molar-refractivity contribution < 1.29 is 14.3 Å². The van der Waals surface area contributed by atoms with Crippen LogP contribution in [-0.2, 0) is 10.2 Å². The molecule has 0 aromatic heterocycles. The van der Waals surface area contributed by atoms with Crippen molar-refractivity contribution in [1.29, 1.82) is 0 Å². The SMILES string of the molecule is COc1cc(/C=C/[C@@]23NC(=O)CN2c2ccc(C)cc2C3(C)C)ccc1OC(C)C. The number of hydrogen-bond donors (Lipinski definition) is 1. The molecular formula is C25H30N2O3. The molecule has 5 nitrogen and oxygen atoms in total. The number of carbonyl (C=O) groups excluding carboxylic acids is 1. The summed E-state index contributed by atoms with van der Waals surface area (Å²) in [6, 6.07) is 12.4. The number of nitrogens with one attached hydrogen (secondary N) is 1. The third-order valence-electron chi connectivity index (χ3n) is 6.19. The van der Waals surface area contributed by atoms with E-state index in [1.165, 1.54) is 11.1 Å². The molecule has 1 atom stereocenters. The van der Waals surface area contributed by atoms with Crippen LogP contribution in [-0.4, -0.2) is 31.3 Å². The Morgan fingerprint density at radius 1 is 1.13 bits per heavy atom. The van der Waals surface area contributed by atoms with E-state index < -0.39 is 5.66 Å². The fourth-order valence-corrected chi connectivity index (χ4v) is 4.64. The van der Waals surface area contributed by atoms with Crippen molar-refractivity contribution in [3.05, 3.63) is 59.2 Å². The summed E-state index contributed by atoms with van der Waals surface area (Å²) >= 11 is 0. The minimum absolute atomic E-state index is 0.0391. The predicted octanol–water partition coefficient (Wildman–Crippen LogP) is 4.43. The van der Waals surface area contributed by atoms with E-state index in [9.17, 15) is 4.79 Å². The van der Waals surface area contributed by atoms with Gasteiger partial charge in [-0.3, -0.25) is 4.79 Å². The van der Waals surface area contributed by atoms with Gasteiger partial charge in [-0.15, -0.1) is 0 Å². The molecule has 2 aliphatic rings. The fraction of sp³-hybridized carbons (Fsp3) is 0.400. The van der Waals surface area contributed by atoms with E-state index in [-0.39, 0.29) is 17.4 Å². The Kier molecular flexibility index (Phi) is 4.80. The lowest BCUT2D eigenvalue weighted by atomic mass is 9.75. The normalized spacial score (nSPS) is 21.7. The molecule has 0 radical (unpaired) electrons. The van der Waals surface area contributed by atoms with Gasteiger partial charge in [-0.1, -0.05) is 43.7 Å². The zero-order chi connectivity index (χ0) is 21.7. The monoisotopic (exact) mass is 406 g/mol. The van der Waals surface area contributed by atoms with E-state index >= 15 is 0 Å². The second-order valence-electron chi connectivity index (χ2n) is 8.96. The standard InChI is InChI=1S/C25H30N2O3/c1-16(2)30-21-10-8-18(14-22(21)29-6)11-12-25-24(4,5)19-13-17(3)7-9-20(19)27(25)15-23(28)26-25/h7-14,16H,15H2,1-6H3,(H,26,28)/b12-11+/t25-/m1/s1. The van der Waals surface area contributed by atoms with Crippen LogP contribution in [0.25, 0.3) is 6.08 Å². The molecule has 1 amide bonds. The zero-order valence-electron chi connectivity index (χ0n) is 18.6. The van der Waals surface area contributed by atoms with Gasteiger partial charge in [0.15, 0.2) is 11.5 Å². The number of ether oxygens (including phenoxy) is 2. The first kappa shape index (κ1) is 20.3. The van der Waals surface area contributed by atoms with Gasteiger partial charge in [0, 0.05) is 11.1 Å². The first-order valence-corrected chi connectivity index (χ1v) is 10.4. The Morgan fingerprint density at radius 2 is 1.90 bits per heavy atom. The highest BCUT2D eigenvalue weighted by molar-refractivity contribution is 5.91. The summed E-state index contributed by atoms with van der Waals surface area (Å²) in [5.41, 5.74) is 3.68. The average Bonchev–Trinajstić information content (AvgIpc) is 3.11. The number of rotatable bonds is 5. The van der Waals surface area contributed by atoms with Gasteiger partial charge in [-0.25, -0.2) is 0 Å². The summed E-state index contributed by atoms with van der Waals surface area (Å²) in [6.45, 7) is 10.8. The topological polar surface area (TPSA) is 50.8 Å². The molecule has 158 valence electrons. The first-order valence-electron chi connectivity index (χ1n) is 10.4. The molecule has 4 rings (SSSR count). The number of fused-ring (bicyclic) bond motifs is 3. The van der Waals surface area contributed by atoms with Crippen LogP contribution in [0.15, 0.2) is 42.5 Å². The van der Waals surface area contributed by atoms with E-state index in [2.05, 4.69) is 61.3 Å². The fourth-order valence-electron chi connectivity index (χ4n) is 4.64. The Bertz CT molecular complexity index is 1030. The molecule has 1 N–H and O–H groups in total. The molecule has 2 aliphatic heterocycles. The van der Waals surface area contributed by atoms with Gasteiger partial charge >= 0.3 is 0 Å². The van der Waals surface area contributed by atoms with Gasteiger partial charge in [0.25, 0.3) is 0 Å². The Labute approximate surface area is 178 Å². The van der Waals surface area contributed by atoms with E-state index in [1.54, 1.807) is 7.11 Å². The maximum Gasteiger partial charge on any atom is 0.241 e. The highest BCUT2D eigenvalue weighted by atomic mass is 16.5. The van der Waals surface area contributed by atoms with Gasteiger partial charge in [-0.2, -0.15) is 0 Å². The average molecular weight is 407 g/mol. The van der Waals surface area contributed by atoms with Crippen molar-refractivity contribution >= 4 is 17.7 Å². The number of carbonyl (C=O) groups is 1. The van der Waals surface area contributed by atoms with Crippen LogP contribution in [0.4, 0.5) is 5.69 Å². The minimum atomic E-state index is -0.611. The zero-order valence-corrected chi connectivity index (χ0v) is 18.6. The Hall–Kier alpha value is -2.95.